The smallest absolute Gasteiger partial charge is 0.214 e. The summed E-state index contributed by atoms with van der Waals surface area (Å²) in [6.45, 7) is 1.83. The predicted molar refractivity (Wildman–Crippen MR) is 116 cm³/mol. The maximum Gasteiger partial charge on any atom is 0.214 e. The van der Waals surface area contributed by atoms with E-state index in [2.05, 4.69) is 63.6 Å². The number of tetrazole rings is 1. The van der Waals surface area contributed by atoms with E-state index in [-0.39, 0.29) is 0 Å². The van der Waals surface area contributed by atoms with Gasteiger partial charge in [-0.1, -0.05) is 47.3 Å². The molecule has 0 radical (unpaired) electrons. The van der Waals surface area contributed by atoms with Crippen molar-refractivity contribution in [2.24, 2.45) is 0 Å². The Hall–Kier alpha value is -3.65. The van der Waals surface area contributed by atoms with E-state index in [1.54, 1.807) is 4.68 Å². The molecule has 5 aromatic rings. The Balaban J connectivity index is 1.55. The largest absolute Gasteiger partial charge is 0.279 e. The number of thioether (sulfide) groups is 1. The van der Waals surface area contributed by atoms with Crippen LogP contribution >= 0.6 is 24.0 Å². The van der Waals surface area contributed by atoms with Crippen LogP contribution in [0, 0.1) is 11.7 Å². The third-order valence-corrected chi connectivity index (χ3v) is 5.65. The number of aromatic amines is 3. The number of hydrogen-bond acceptors (Lipinski definition) is 10. The van der Waals surface area contributed by atoms with Gasteiger partial charge in [-0.15, -0.1) is 10.2 Å². The van der Waals surface area contributed by atoms with Crippen LogP contribution < -0.4 is 5.43 Å². The zero-order valence-electron chi connectivity index (χ0n) is 16.2. The molecule has 4 aromatic heterocycles. The fourth-order valence-corrected chi connectivity index (χ4v) is 4.01. The number of nitrogens with zero attached hydrogens (tertiary/aromatic N) is 8. The molecular weight excluding hydrogens is 436 g/mol. The number of H-pyrrole nitrogens is 3. The number of nitrogens with one attached hydrogen (secondary N) is 4. The van der Waals surface area contributed by atoms with Crippen LogP contribution in [0.4, 0.5) is 5.82 Å². The van der Waals surface area contributed by atoms with Crippen molar-refractivity contribution in [2.45, 2.75) is 24.3 Å². The number of fused-ring (bicyclic) bond motifs is 1. The first-order valence-electron chi connectivity index (χ1n) is 9.22. The summed E-state index contributed by atoms with van der Waals surface area (Å²) in [5.41, 5.74) is 5.70. The first kappa shape index (κ1) is 19.3. The number of aromatic nitrogens is 11. The van der Waals surface area contributed by atoms with Crippen LogP contribution in [0.15, 0.2) is 35.5 Å². The average Bonchev–Trinajstić information content (AvgIpc) is 3.51. The van der Waals surface area contributed by atoms with Crippen molar-refractivity contribution in [2.75, 3.05) is 5.43 Å². The molecule has 14 heteroatoms. The van der Waals surface area contributed by atoms with Gasteiger partial charge in [-0.2, -0.15) is 15.4 Å². The van der Waals surface area contributed by atoms with Crippen molar-refractivity contribution >= 4 is 40.8 Å². The lowest BCUT2D eigenvalue weighted by Gasteiger charge is -2.10. The Morgan fingerprint density at radius 2 is 1.97 bits per heavy atom. The van der Waals surface area contributed by atoms with Crippen molar-refractivity contribution in [3.05, 3.63) is 58.0 Å². The summed E-state index contributed by atoms with van der Waals surface area (Å²) < 4.78 is 2.07. The molecule has 0 saturated carbocycles. The van der Waals surface area contributed by atoms with E-state index in [0.717, 1.165) is 16.8 Å². The van der Waals surface area contributed by atoms with E-state index in [1.807, 2.05) is 25.1 Å². The molecule has 12 nitrogen and oxygen atoms in total. The molecule has 31 heavy (non-hydrogen) atoms. The number of aryl methyl sites for hydroxylation is 1. The molecule has 0 fully saturated rings. The highest BCUT2D eigenvalue weighted by Gasteiger charge is 2.18. The van der Waals surface area contributed by atoms with Gasteiger partial charge in [0, 0.05) is 5.75 Å². The fraction of sp³-hybridized carbons (Fsp3) is 0.176. The van der Waals surface area contributed by atoms with Crippen LogP contribution in [0.25, 0.3) is 11.0 Å². The van der Waals surface area contributed by atoms with E-state index in [1.165, 1.54) is 17.3 Å². The van der Waals surface area contributed by atoms with E-state index in [4.69, 9.17) is 17.2 Å². The summed E-state index contributed by atoms with van der Waals surface area (Å²) >= 11 is 6.85. The molecule has 0 unspecified atom stereocenters. The molecule has 0 atom stereocenters. The van der Waals surface area contributed by atoms with Crippen LogP contribution in [0.5, 0.6) is 0 Å². The summed E-state index contributed by atoms with van der Waals surface area (Å²) in [6, 6.07) is 10.1. The van der Waals surface area contributed by atoms with Crippen LogP contribution in [0.3, 0.4) is 0 Å². The second-order valence-corrected chi connectivity index (χ2v) is 7.89. The van der Waals surface area contributed by atoms with Gasteiger partial charge < -0.3 is 0 Å². The number of rotatable bonds is 7. The molecule has 0 aliphatic rings. The summed E-state index contributed by atoms with van der Waals surface area (Å²) in [4.78, 5) is 9.36. The highest BCUT2D eigenvalue weighted by atomic mass is 32.2. The molecule has 0 aliphatic carbocycles. The maximum atomic E-state index is 5.33. The topological polar surface area (TPSA) is 155 Å². The Labute approximate surface area is 184 Å². The monoisotopic (exact) mass is 452 g/mol. The highest BCUT2D eigenvalue weighted by molar-refractivity contribution is 7.98. The van der Waals surface area contributed by atoms with E-state index < -0.39 is 0 Å². The molecule has 0 bridgehead atoms. The lowest BCUT2D eigenvalue weighted by molar-refractivity contribution is 0.860. The minimum absolute atomic E-state index is 0.386. The lowest BCUT2D eigenvalue weighted by Crippen LogP contribution is -2.13. The number of hydrogen-bond donors (Lipinski definition) is 4. The van der Waals surface area contributed by atoms with Gasteiger partial charge in [0.15, 0.2) is 22.4 Å². The molecule has 5 rings (SSSR count). The Morgan fingerprint density at radius 3 is 2.71 bits per heavy atom. The first-order chi connectivity index (χ1) is 15.2. The Kier molecular flexibility index (Phi) is 5.13. The van der Waals surface area contributed by atoms with Gasteiger partial charge in [-0.05, 0) is 24.7 Å². The summed E-state index contributed by atoms with van der Waals surface area (Å²) in [5.74, 6) is 2.47. The standard InChI is InChI=1S/C17H16N12S2/c1-9-20-25-17(30)29(9)26-15-13-11(7-12-22-27-28-23-12)21-24-14(13)18-16(19-15)31-8-10-5-3-2-4-6-10/h2-6H,7-8H2,1H3,(H,25,30)(H,22,23,27,28)(H2,18,19,21,24,26). The molecule has 156 valence electrons. The number of anilines is 1. The first-order valence-corrected chi connectivity index (χ1v) is 10.6. The quantitative estimate of drug-likeness (QED) is 0.164. The third-order valence-electron chi connectivity index (χ3n) is 4.46. The molecule has 0 saturated heterocycles. The van der Waals surface area contributed by atoms with Crippen LogP contribution in [-0.2, 0) is 12.2 Å². The zero-order valence-corrected chi connectivity index (χ0v) is 17.8. The van der Waals surface area contributed by atoms with Crippen LogP contribution in [0.2, 0.25) is 0 Å². The second kappa shape index (κ2) is 8.23. The lowest BCUT2D eigenvalue weighted by atomic mass is 10.2. The molecular formula is C17H16N12S2. The summed E-state index contributed by atoms with van der Waals surface area (Å²) in [6.07, 6.45) is 0.386. The normalized spacial score (nSPS) is 11.3. The van der Waals surface area contributed by atoms with Gasteiger partial charge in [-0.3, -0.25) is 15.6 Å². The van der Waals surface area contributed by atoms with Gasteiger partial charge >= 0.3 is 0 Å². The Morgan fingerprint density at radius 1 is 1.10 bits per heavy atom. The molecule has 4 N–H and O–H groups in total. The van der Waals surface area contributed by atoms with Gasteiger partial charge in [0.2, 0.25) is 4.77 Å². The van der Waals surface area contributed by atoms with Crippen molar-refractivity contribution in [1.29, 1.82) is 0 Å². The fourth-order valence-electron chi connectivity index (χ4n) is 2.99. The van der Waals surface area contributed by atoms with Gasteiger partial charge in [-0.25, -0.2) is 14.6 Å². The molecule has 0 aliphatic heterocycles. The number of benzene rings is 1. The second-order valence-electron chi connectivity index (χ2n) is 6.56. The minimum Gasteiger partial charge on any atom is -0.279 e. The highest BCUT2D eigenvalue weighted by Crippen LogP contribution is 2.28. The minimum atomic E-state index is 0.386. The molecule has 0 amide bonds. The molecule has 0 spiro atoms. The SMILES string of the molecule is Cc1n[nH]c(=S)n1Nc1nc(SCc2ccccc2)nc2n[nH]c(Cc3nn[nH]n3)c12. The predicted octanol–water partition coefficient (Wildman–Crippen LogP) is 2.19. The van der Waals surface area contributed by atoms with Crippen molar-refractivity contribution < 1.29 is 0 Å². The van der Waals surface area contributed by atoms with Crippen molar-refractivity contribution in [1.82, 2.24) is 55.7 Å². The van der Waals surface area contributed by atoms with E-state index >= 15 is 0 Å². The van der Waals surface area contributed by atoms with Crippen molar-refractivity contribution in [3.8, 4) is 0 Å². The van der Waals surface area contributed by atoms with Gasteiger partial charge in [0.25, 0.3) is 0 Å². The third kappa shape index (κ3) is 4.02. The van der Waals surface area contributed by atoms with Gasteiger partial charge in [0.1, 0.15) is 5.82 Å². The van der Waals surface area contributed by atoms with E-state index in [0.29, 0.717) is 39.5 Å². The molecule has 4 heterocycles. The van der Waals surface area contributed by atoms with Crippen molar-refractivity contribution in [3.63, 3.8) is 0 Å². The van der Waals surface area contributed by atoms with Gasteiger partial charge in [0.05, 0.1) is 17.5 Å². The summed E-state index contributed by atoms with van der Waals surface area (Å²) in [7, 11) is 0. The summed E-state index contributed by atoms with van der Waals surface area (Å²) in [5, 5.41) is 29.7. The van der Waals surface area contributed by atoms with Crippen LogP contribution in [-0.4, -0.2) is 55.7 Å². The zero-order chi connectivity index (χ0) is 21.2. The Bertz CT molecular complexity index is 1370. The average molecular weight is 453 g/mol. The van der Waals surface area contributed by atoms with Crippen LogP contribution in [0.1, 0.15) is 22.9 Å². The molecule has 1 aromatic carbocycles. The van der Waals surface area contributed by atoms with E-state index in [9.17, 15) is 0 Å². The maximum absolute atomic E-state index is 5.33.